The van der Waals surface area contributed by atoms with Gasteiger partial charge in [-0.05, 0) is 26.0 Å². The van der Waals surface area contributed by atoms with E-state index in [2.05, 4.69) is 5.16 Å². The van der Waals surface area contributed by atoms with Crippen molar-refractivity contribution in [3.8, 4) is 0 Å². The SMILES string of the molecule is C/C(=N/O)[C@@H](C)N(C)S(=O)(=O)c1ccccc1. The van der Waals surface area contributed by atoms with Crippen LogP contribution in [-0.2, 0) is 10.0 Å². The first kappa shape index (κ1) is 13.7. The van der Waals surface area contributed by atoms with Gasteiger partial charge in [-0.1, -0.05) is 23.4 Å². The molecule has 0 amide bonds. The molecular formula is C11H16N2O3S. The number of rotatable bonds is 4. The van der Waals surface area contributed by atoms with E-state index in [1.54, 1.807) is 32.0 Å². The second kappa shape index (κ2) is 5.29. The number of hydrogen-bond acceptors (Lipinski definition) is 4. The lowest BCUT2D eigenvalue weighted by Crippen LogP contribution is -2.39. The monoisotopic (exact) mass is 256 g/mol. The van der Waals surface area contributed by atoms with Crippen LogP contribution in [0.5, 0.6) is 0 Å². The number of benzene rings is 1. The van der Waals surface area contributed by atoms with Gasteiger partial charge in [0.15, 0.2) is 0 Å². The van der Waals surface area contributed by atoms with Gasteiger partial charge in [-0.15, -0.1) is 0 Å². The average Bonchev–Trinajstić information content (AvgIpc) is 2.37. The Balaban J connectivity index is 3.08. The fraction of sp³-hybridized carbons (Fsp3) is 0.364. The van der Waals surface area contributed by atoms with Gasteiger partial charge in [0.1, 0.15) is 0 Å². The first-order valence-corrected chi connectivity index (χ1v) is 6.57. The summed E-state index contributed by atoms with van der Waals surface area (Å²) in [5.41, 5.74) is 0.340. The molecule has 0 bridgehead atoms. The van der Waals surface area contributed by atoms with E-state index >= 15 is 0 Å². The molecule has 0 saturated heterocycles. The van der Waals surface area contributed by atoms with Crippen LogP contribution in [0.3, 0.4) is 0 Å². The molecule has 0 fully saturated rings. The van der Waals surface area contributed by atoms with Crippen molar-refractivity contribution in [1.82, 2.24) is 4.31 Å². The van der Waals surface area contributed by atoms with Crippen LogP contribution in [0.1, 0.15) is 13.8 Å². The van der Waals surface area contributed by atoms with E-state index in [-0.39, 0.29) is 4.90 Å². The second-order valence-electron chi connectivity index (χ2n) is 3.75. The molecule has 0 aromatic heterocycles. The summed E-state index contributed by atoms with van der Waals surface area (Å²) < 4.78 is 25.5. The van der Waals surface area contributed by atoms with Gasteiger partial charge >= 0.3 is 0 Å². The maximum atomic E-state index is 12.2. The predicted molar refractivity (Wildman–Crippen MR) is 65.7 cm³/mol. The third-order valence-corrected chi connectivity index (χ3v) is 4.67. The highest BCUT2D eigenvalue weighted by atomic mass is 32.2. The maximum absolute atomic E-state index is 12.2. The molecule has 5 nitrogen and oxygen atoms in total. The first-order valence-electron chi connectivity index (χ1n) is 5.13. The minimum absolute atomic E-state index is 0.222. The summed E-state index contributed by atoms with van der Waals surface area (Å²) in [5, 5.41) is 11.7. The molecule has 1 N–H and O–H groups in total. The zero-order valence-corrected chi connectivity index (χ0v) is 10.8. The van der Waals surface area contributed by atoms with Gasteiger partial charge in [0.25, 0.3) is 0 Å². The second-order valence-corrected chi connectivity index (χ2v) is 5.75. The molecular weight excluding hydrogens is 240 g/mol. The lowest BCUT2D eigenvalue weighted by Gasteiger charge is -2.23. The zero-order chi connectivity index (χ0) is 13.1. The number of oxime groups is 1. The zero-order valence-electron chi connectivity index (χ0n) is 10.0. The van der Waals surface area contributed by atoms with Gasteiger partial charge in [0.05, 0.1) is 16.6 Å². The quantitative estimate of drug-likeness (QED) is 0.505. The fourth-order valence-corrected chi connectivity index (χ4v) is 2.72. The summed E-state index contributed by atoms with van der Waals surface area (Å²) in [6.45, 7) is 3.23. The molecule has 0 aliphatic carbocycles. The molecule has 94 valence electrons. The summed E-state index contributed by atoms with van der Waals surface area (Å²) >= 11 is 0. The molecule has 1 aromatic carbocycles. The molecule has 0 heterocycles. The normalized spacial score (nSPS) is 14.9. The topological polar surface area (TPSA) is 70.0 Å². The average molecular weight is 256 g/mol. The van der Waals surface area contributed by atoms with Crippen molar-refractivity contribution in [3.05, 3.63) is 30.3 Å². The Morgan fingerprint density at radius 2 is 1.88 bits per heavy atom. The minimum atomic E-state index is -3.55. The molecule has 0 saturated carbocycles. The van der Waals surface area contributed by atoms with Crippen LogP contribution in [0.4, 0.5) is 0 Å². The minimum Gasteiger partial charge on any atom is -0.411 e. The summed E-state index contributed by atoms with van der Waals surface area (Å²) in [6, 6.07) is 7.65. The van der Waals surface area contributed by atoms with Gasteiger partial charge in [0.2, 0.25) is 10.0 Å². The van der Waals surface area contributed by atoms with Crippen LogP contribution in [0.2, 0.25) is 0 Å². The highest BCUT2D eigenvalue weighted by molar-refractivity contribution is 7.89. The lowest BCUT2D eigenvalue weighted by atomic mass is 10.2. The van der Waals surface area contributed by atoms with E-state index < -0.39 is 16.1 Å². The highest BCUT2D eigenvalue weighted by Crippen LogP contribution is 2.16. The predicted octanol–water partition coefficient (Wildman–Crippen LogP) is 1.55. The molecule has 0 aliphatic heterocycles. The summed E-state index contributed by atoms with van der Waals surface area (Å²) in [5.74, 6) is 0. The third kappa shape index (κ3) is 2.83. The van der Waals surface area contributed by atoms with Crippen LogP contribution in [0.25, 0.3) is 0 Å². The van der Waals surface area contributed by atoms with Crippen molar-refractivity contribution >= 4 is 15.7 Å². The smallest absolute Gasteiger partial charge is 0.243 e. The summed E-state index contributed by atoms with van der Waals surface area (Å²) in [4.78, 5) is 0.222. The Labute approximate surface area is 101 Å². The molecule has 0 unspecified atom stereocenters. The Hall–Kier alpha value is -1.40. The van der Waals surface area contributed by atoms with Crippen molar-refractivity contribution in [2.45, 2.75) is 24.8 Å². The molecule has 1 atom stereocenters. The van der Waals surface area contributed by atoms with Crippen LogP contribution in [-0.4, -0.2) is 36.7 Å². The molecule has 1 aromatic rings. The first-order chi connectivity index (χ1) is 7.91. The Kier molecular flexibility index (Phi) is 4.25. The third-order valence-electron chi connectivity index (χ3n) is 2.73. The molecule has 0 radical (unpaired) electrons. The Morgan fingerprint density at radius 3 is 2.35 bits per heavy atom. The molecule has 1 rings (SSSR count). The van der Waals surface area contributed by atoms with E-state index in [9.17, 15) is 8.42 Å². The van der Waals surface area contributed by atoms with Crippen molar-refractivity contribution in [1.29, 1.82) is 0 Å². The van der Waals surface area contributed by atoms with E-state index in [1.807, 2.05) is 0 Å². The van der Waals surface area contributed by atoms with Gasteiger partial charge in [0, 0.05) is 7.05 Å². The van der Waals surface area contributed by atoms with E-state index in [0.717, 1.165) is 0 Å². The van der Waals surface area contributed by atoms with Crippen molar-refractivity contribution in [2.75, 3.05) is 7.05 Å². The van der Waals surface area contributed by atoms with Crippen molar-refractivity contribution < 1.29 is 13.6 Å². The summed E-state index contributed by atoms with van der Waals surface area (Å²) in [7, 11) is -2.09. The van der Waals surface area contributed by atoms with Gasteiger partial charge in [-0.25, -0.2) is 8.42 Å². The van der Waals surface area contributed by atoms with E-state index in [1.165, 1.54) is 23.5 Å². The van der Waals surface area contributed by atoms with Gasteiger partial charge in [-0.2, -0.15) is 4.31 Å². The van der Waals surface area contributed by atoms with Gasteiger partial charge in [-0.3, -0.25) is 0 Å². The molecule has 0 spiro atoms. The largest absolute Gasteiger partial charge is 0.411 e. The Bertz CT molecular complexity index is 497. The Morgan fingerprint density at radius 1 is 1.35 bits per heavy atom. The van der Waals surface area contributed by atoms with Crippen molar-refractivity contribution in [2.24, 2.45) is 5.16 Å². The molecule has 17 heavy (non-hydrogen) atoms. The lowest BCUT2D eigenvalue weighted by molar-refractivity contribution is 0.312. The maximum Gasteiger partial charge on any atom is 0.243 e. The van der Waals surface area contributed by atoms with Crippen LogP contribution in [0, 0.1) is 0 Å². The van der Waals surface area contributed by atoms with Crippen LogP contribution in [0.15, 0.2) is 40.4 Å². The molecule has 0 aliphatic rings. The van der Waals surface area contributed by atoms with Crippen LogP contribution < -0.4 is 0 Å². The van der Waals surface area contributed by atoms with Gasteiger partial charge < -0.3 is 5.21 Å². The fourth-order valence-electron chi connectivity index (χ4n) is 1.31. The number of hydrogen-bond donors (Lipinski definition) is 1. The standard InChI is InChI=1S/C11H16N2O3S/c1-9(12-14)10(2)13(3)17(15,16)11-7-5-4-6-8-11/h4-8,10,14H,1-3H3/b12-9-/t10-/m1/s1. The van der Waals surface area contributed by atoms with Crippen molar-refractivity contribution in [3.63, 3.8) is 0 Å². The van der Waals surface area contributed by atoms with Crippen LogP contribution >= 0.6 is 0 Å². The summed E-state index contributed by atoms with van der Waals surface area (Å²) in [6.07, 6.45) is 0. The number of nitrogens with zero attached hydrogens (tertiary/aromatic N) is 2. The number of sulfonamides is 1. The van der Waals surface area contributed by atoms with E-state index in [0.29, 0.717) is 5.71 Å². The van der Waals surface area contributed by atoms with E-state index in [4.69, 9.17) is 5.21 Å². The molecule has 6 heteroatoms. The highest BCUT2D eigenvalue weighted by Gasteiger charge is 2.26.